The van der Waals surface area contributed by atoms with Crippen LogP contribution in [-0.2, 0) is 21.2 Å². The second-order valence-corrected chi connectivity index (χ2v) is 8.93. The molecule has 26 heavy (non-hydrogen) atoms. The molecule has 2 rings (SSSR count). The van der Waals surface area contributed by atoms with Gasteiger partial charge in [-0.25, -0.2) is 17.5 Å². The fourth-order valence-corrected chi connectivity index (χ4v) is 3.88. The van der Waals surface area contributed by atoms with Crippen molar-refractivity contribution < 1.29 is 17.6 Å². The number of carbonyl (C=O) groups excluding carboxylic acids is 1. The normalized spacial score (nSPS) is 13.0. The molecule has 1 unspecified atom stereocenters. The van der Waals surface area contributed by atoms with Gasteiger partial charge in [-0.15, -0.1) is 0 Å². The predicted octanol–water partition coefficient (Wildman–Crippen LogP) is 2.03. The van der Waals surface area contributed by atoms with Gasteiger partial charge in [0.2, 0.25) is 15.9 Å². The Kier molecular flexibility index (Phi) is 7.48. The molecule has 0 aliphatic heterocycles. The van der Waals surface area contributed by atoms with Gasteiger partial charge in [-0.3, -0.25) is 4.79 Å². The minimum Gasteiger partial charge on any atom is -0.361 e. The molecule has 1 heterocycles. The molecule has 0 spiro atoms. The molecule has 2 aromatic rings. The minimum absolute atomic E-state index is 0.0725. The molecule has 0 aliphatic carbocycles. The van der Waals surface area contributed by atoms with Gasteiger partial charge in [-0.1, -0.05) is 0 Å². The second-order valence-electron chi connectivity index (χ2n) is 5.90. The standard InChI is InChI=1S/C17H24FN3O3S2/c1-3-26(23,24)21-16(7-9-25-2)17(22)19-8-6-12-11-20-15-5-4-13(18)10-14(12)15/h4-5,10-11,16,20-21H,3,6-9H2,1-2H3,(H,19,22). The minimum atomic E-state index is -3.46. The molecule has 0 aliphatic rings. The van der Waals surface area contributed by atoms with E-state index in [1.165, 1.54) is 19.1 Å². The predicted molar refractivity (Wildman–Crippen MR) is 104 cm³/mol. The van der Waals surface area contributed by atoms with Gasteiger partial charge in [0.15, 0.2) is 0 Å². The highest BCUT2D eigenvalue weighted by molar-refractivity contribution is 7.98. The number of amides is 1. The Balaban J connectivity index is 1.96. The van der Waals surface area contributed by atoms with E-state index in [1.807, 2.05) is 6.26 Å². The molecule has 0 saturated carbocycles. The maximum atomic E-state index is 13.4. The first-order chi connectivity index (χ1) is 12.4. The molecular formula is C17H24FN3O3S2. The third-order valence-corrected chi connectivity index (χ3v) is 6.10. The Bertz CT molecular complexity index is 852. The monoisotopic (exact) mass is 401 g/mol. The number of aromatic nitrogens is 1. The van der Waals surface area contributed by atoms with Gasteiger partial charge in [0.1, 0.15) is 11.9 Å². The van der Waals surface area contributed by atoms with Crippen molar-refractivity contribution in [3.05, 3.63) is 35.8 Å². The topological polar surface area (TPSA) is 91.1 Å². The van der Waals surface area contributed by atoms with Crippen LogP contribution >= 0.6 is 11.8 Å². The van der Waals surface area contributed by atoms with Crippen molar-refractivity contribution in [2.75, 3.05) is 24.3 Å². The number of sulfonamides is 1. The van der Waals surface area contributed by atoms with E-state index < -0.39 is 16.1 Å². The molecule has 0 saturated heterocycles. The summed E-state index contributed by atoms with van der Waals surface area (Å²) in [5.41, 5.74) is 1.73. The summed E-state index contributed by atoms with van der Waals surface area (Å²) in [5, 5.41) is 3.56. The Morgan fingerprint density at radius 2 is 2.15 bits per heavy atom. The van der Waals surface area contributed by atoms with E-state index in [0.717, 1.165) is 16.5 Å². The van der Waals surface area contributed by atoms with Crippen LogP contribution < -0.4 is 10.0 Å². The summed E-state index contributed by atoms with van der Waals surface area (Å²) in [5.74, 6) is -0.0567. The van der Waals surface area contributed by atoms with Crippen molar-refractivity contribution >= 4 is 38.6 Å². The number of H-pyrrole nitrogens is 1. The number of carbonyl (C=O) groups is 1. The maximum Gasteiger partial charge on any atom is 0.238 e. The maximum absolute atomic E-state index is 13.4. The Morgan fingerprint density at radius 1 is 1.38 bits per heavy atom. The van der Waals surface area contributed by atoms with Crippen LogP contribution in [0.25, 0.3) is 10.9 Å². The zero-order valence-corrected chi connectivity index (χ0v) is 16.5. The summed E-state index contributed by atoms with van der Waals surface area (Å²) in [6.07, 6.45) is 4.64. The molecule has 1 amide bonds. The van der Waals surface area contributed by atoms with Crippen molar-refractivity contribution in [2.24, 2.45) is 0 Å². The third-order valence-electron chi connectivity index (χ3n) is 4.05. The van der Waals surface area contributed by atoms with Crippen molar-refractivity contribution in [2.45, 2.75) is 25.8 Å². The molecule has 0 radical (unpaired) electrons. The Labute approximate surface area is 157 Å². The molecule has 1 aromatic heterocycles. The number of hydrogen-bond donors (Lipinski definition) is 3. The quantitative estimate of drug-likeness (QED) is 0.568. The van der Waals surface area contributed by atoms with Crippen LogP contribution in [0, 0.1) is 5.82 Å². The van der Waals surface area contributed by atoms with Crippen LogP contribution in [0.2, 0.25) is 0 Å². The van der Waals surface area contributed by atoms with Crippen LogP contribution in [0.15, 0.2) is 24.4 Å². The number of fused-ring (bicyclic) bond motifs is 1. The van der Waals surface area contributed by atoms with Gasteiger partial charge in [-0.05, 0) is 55.5 Å². The fourth-order valence-electron chi connectivity index (χ4n) is 2.58. The Hall–Kier alpha value is -1.58. The van der Waals surface area contributed by atoms with Gasteiger partial charge in [0.25, 0.3) is 0 Å². The van der Waals surface area contributed by atoms with Crippen molar-refractivity contribution in [3.8, 4) is 0 Å². The average Bonchev–Trinajstić information content (AvgIpc) is 3.00. The highest BCUT2D eigenvalue weighted by atomic mass is 32.2. The van der Waals surface area contributed by atoms with Crippen molar-refractivity contribution in [3.63, 3.8) is 0 Å². The summed E-state index contributed by atoms with van der Waals surface area (Å²) < 4.78 is 39.4. The largest absolute Gasteiger partial charge is 0.361 e. The number of thioether (sulfide) groups is 1. The van der Waals surface area contributed by atoms with Gasteiger partial charge >= 0.3 is 0 Å². The molecule has 3 N–H and O–H groups in total. The summed E-state index contributed by atoms with van der Waals surface area (Å²) in [6, 6.07) is 3.73. The molecule has 1 aromatic carbocycles. The second kappa shape index (κ2) is 9.38. The van der Waals surface area contributed by atoms with Crippen LogP contribution in [0.4, 0.5) is 4.39 Å². The van der Waals surface area contributed by atoms with Crippen molar-refractivity contribution in [1.82, 2.24) is 15.0 Å². The molecular weight excluding hydrogens is 377 g/mol. The van der Waals surface area contributed by atoms with E-state index in [-0.39, 0.29) is 17.5 Å². The van der Waals surface area contributed by atoms with Crippen LogP contribution in [0.5, 0.6) is 0 Å². The number of nitrogens with one attached hydrogen (secondary N) is 3. The number of halogens is 1. The number of aromatic amines is 1. The highest BCUT2D eigenvalue weighted by Gasteiger charge is 2.22. The van der Waals surface area contributed by atoms with E-state index >= 15 is 0 Å². The van der Waals surface area contributed by atoms with Crippen LogP contribution in [0.1, 0.15) is 18.9 Å². The SMILES string of the molecule is CCS(=O)(=O)NC(CCSC)C(=O)NCCc1c[nH]c2ccc(F)cc12. The van der Waals surface area contributed by atoms with Crippen molar-refractivity contribution in [1.29, 1.82) is 0 Å². The molecule has 1 atom stereocenters. The number of benzene rings is 1. The highest BCUT2D eigenvalue weighted by Crippen LogP contribution is 2.19. The van der Waals surface area contributed by atoms with Crippen LogP contribution in [0.3, 0.4) is 0 Å². The fraction of sp³-hybridized carbons (Fsp3) is 0.471. The number of rotatable bonds is 10. The third kappa shape index (κ3) is 5.72. The molecule has 6 nitrogen and oxygen atoms in total. The van der Waals surface area contributed by atoms with Gasteiger partial charge in [-0.2, -0.15) is 11.8 Å². The number of hydrogen-bond acceptors (Lipinski definition) is 4. The summed E-state index contributed by atoms with van der Waals surface area (Å²) in [7, 11) is -3.46. The summed E-state index contributed by atoms with van der Waals surface area (Å²) in [6.45, 7) is 1.87. The Morgan fingerprint density at radius 3 is 2.85 bits per heavy atom. The van der Waals surface area contributed by atoms with Gasteiger partial charge < -0.3 is 10.3 Å². The molecule has 9 heteroatoms. The van der Waals surface area contributed by atoms with Gasteiger partial charge in [0.05, 0.1) is 5.75 Å². The van der Waals surface area contributed by atoms with E-state index in [1.54, 1.807) is 24.0 Å². The van der Waals surface area contributed by atoms with E-state index in [0.29, 0.717) is 25.1 Å². The molecule has 0 bridgehead atoms. The lowest BCUT2D eigenvalue weighted by atomic mass is 10.1. The summed E-state index contributed by atoms with van der Waals surface area (Å²) in [4.78, 5) is 15.4. The first-order valence-electron chi connectivity index (χ1n) is 8.38. The van der Waals surface area contributed by atoms with E-state index in [4.69, 9.17) is 0 Å². The lowest BCUT2D eigenvalue weighted by Crippen LogP contribution is -2.47. The van der Waals surface area contributed by atoms with E-state index in [2.05, 4.69) is 15.0 Å². The lowest BCUT2D eigenvalue weighted by molar-refractivity contribution is -0.122. The molecule has 0 fully saturated rings. The van der Waals surface area contributed by atoms with E-state index in [9.17, 15) is 17.6 Å². The zero-order valence-electron chi connectivity index (χ0n) is 14.8. The lowest BCUT2D eigenvalue weighted by Gasteiger charge is -2.17. The van der Waals surface area contributed by atoms with Crippen LogP contribution in [-0.4, -0.2) is 49.7 Å². The van der Waals surface area contributed by atoms with Gasteiger partial charge in [0, 0.05) is 23.6 Å². The first kappa shape index (κ1) is 20.7. The molecule has 144 valence electrons. The summed E-state index contributed by atoms with van der Waals surface area (Å²) >= 11 is 1.55. The first-order valence-corrected chi connectivity index (χ1v) is 11.4. The smallest absolute Gasteiger partial charge is 0.238 e. The average molecular weight is 402 g/mol. The zero-order chi connectivity index (χ0) is 19.2.